The summed E-state index contributed by atoms with van der Waals surface area (Å²) in [6.45, 7) is 1.98. The third-order valence-electron chi connectivity index (χ3n) is 6.18. The van der Waals surface area contributed by atoms with Crippen LogP contribution in [0.1, 0.15) is 35.4 Å². The molecule has 1 atom stereocenters. The van der Waals surface area contributed by atoms with Crippen LogP contribution in [0.3, 0.4) is 0 Å². The minimum atomic E-state index is -0.162. The van der Waals surface area contributed by atoms with E-state index in [0.29, 0.717) is 11.3 Å². The van der Waals surface area contributed by atoms with Gasteiger partial charge >= 0.3 is 0 Å². The second-order valence-corrected chi connectivity index (χ2v) is 8.22. The van der Waals surface area contributed by atoms with Gasteiger partial charge in [-0.25, -0.2) is 4.98 Å². The van der Waals surface area contributed by atoms with Crippen LogP contribution in [0.4, 0.5) is 5.82 Å². The highest BCUT2D eigenvalue weighted by atomic mass is 16.2. The number of aryl methyl sites for hydroxylation is 3. The van der Waals surface area contributed by atoms with Crippen LogP contribution in [0.25, 0.3) is 22.2 Å². The maximum atomic E-state index is 13.1. The van der Waals surface area contributed by atoms with E-state index in [1.807, 2.05) is 37.3 Å². The number of carbonyl (C=O) groups excluding carboxylic acids is 1. The number of H-pyrrole nitrogens is 1. The molecule has 0 aliphatic heterocycles. The molecule has 1 aliphatic carbocycles. The molecule has 1 unspecified atom stereocenters. The standard InChI is InChI=1S/C25H24N4O2/c1-15-10-11-21(28-24(30)19-9-5-7-16-6-3-4-8-17(16)19)27-22(15)20-14-29(2)25(31)23-18(20)12-13-26-23/h3-4,6,8,10-14,19,26H,5,7,9H2,1-2H3,(H,27,28,30). The Morgan fingerprint density at radius 2 is 2.03 bits per heavy atom. The number of amides is 1. The van der Waals surface area contributed by atoms with Crippen LogP contribution in [0.5, 0.6) is 0 Å². The molecule has 0 spiro atoms. The summed E-state index contributed by atoms with van der Waals surface area (Å²) in [7, 11) is 1.73. The molecule has 4 aromatic rings. The molecule has 31 heavy (non-hydrogen) atoms. The summed E-state index contributed by atoms with van der Waals surface area (Å²) in [5, 5.41) is 3.85. The van der Waals surface area contributed by atoms with Gasteiger partial charge in [0.2, 0.25) is 5.91 Å². The monoisotopic (exact) mass is 412 g/mol. The fourth-order valence-electron chi connectivity index (χ4n) is 4.57. The van der Waals surface area contributed by atoms with Gasteiger partial charge in [0.15, 0.2) is 0 Å². The summed E-state index contributed by atoms with van der Waals surface area (Å²) in [6.07, 6.45) is 6.43. The zero-order valence-corrected chi connectivity index (χ0v) is 17.6. The van der Waals surface area contributed by atoms with Crippen molar-refractivity contribution < 1.29 is 4.79 Å². The van der Waals surface area contributed by atoms with E-state index in [1.165, 1.54) is 5.56 Å². The molecule has 156 valence electrons. The number of hydrogen-bond acceptors (Lipinski definition) is 3. The Labute approximate surface area is 180 Å². The van der Waals surface area contributed by atoms with E-state index in [2.05, 4.69) is 22.4 Å². The summed E-state index contributed by atoms with van der Waals surface area (Å²) in [5.41, 5.74) is 5.42. The van der Waals surface area contributed by atoms with Gasteiger partial charge in [0.05, 0.1) is 11.6 Å². The van der Waals surface area contributed by atoms with E-state index >= 15 is 0 Å². The van der Waals surface area contributed by atoms with E-state index in [9.17, 15) is 9.59 Å². The molecule has 2 N–H and O–H groups in total. The summed E-state index contributed by atoms with van der Waals surface area (Å²) >= 11 is 0. The Morgan fingerprint density at radius 1 is 1.19 bits per heavy atom. The van der Waals surface area contributed by atoms with Crippen LogP contribution in [0, 0.1) is 6.92 Å². The van der Waals surface area contributed by atoms with Gasteiger partial charge in [-0.1, -0.05) is 30.3 Å². The third kappa shape index (κ3) is 3.34. The normalized spacial score (nSPS) is 15.6. The number of nitrogens with one attached hydrogen (secondary N) is 2. The zero-order valence-electron chi connectivity index (χ0n) is 17.6. The van der Waals surface area contributed by atoms with Crippen LogP contribution in [-0.4, -0.2) is 20.4 Å². The molecular weight excluding hydrogens is 388 g/mol. The average molecular weight is 412 g/mol. The molecule has 1 amide bonds. The highest BCUT2D eigenvalue weighted by molar-refractivity contribution is 5.97. The number of pyridine rings is 2. The Hall–Kier alpha value is -3.67. The molecule has 0 saturated heterocycles. The van der Waals surface area contributed by atoms with Gasteiger partial charge in [0.1, 0.15) is 11.3 Å². The Kier molecular flexibility index (Phi) is 4.70. The molecule has 0 saturated carbocycles. The van der Waals surface area contributed by atoms with Crippen LogP contribution in [0.2, 0.25) is 0 Å². The van der Waals surface area contributed by atoms with Gasteiger partial charge < -0.3 is 14.9 Å². The van der Waals surface area contributed by atoms with Gasteiger partial charge in [0, 0.05) is 30.4 Å². The van der Waals surface area contributed by atoms with Crippen molar-refractivity contribution in [1.29, 1.82) is 0 Å². The SMILES string of the molecule is Cc1ccc(NC(=O)C2CCCc3ccccc32)nc1-c1cn(C)c(=O)c2[nH]ccc12. The molecule has 6 nitrogen and oxygen atoms in total. The molecule has 3 heterocycles. The summed E-state index contributed by atoms with van der Waals surface area (Å²) in [5.74, 6) is 0.332. The largest absolute Gasteiger partial charge is 0.357 e. The first-order valence-electron chi connectivity index (χ1n) is 10.6. The van der Waals surface area contributed by atoms with Crippen molar-refractivity contribution >= 4 is 22.6 Å². The van der Waals surface area contributed by atoms with Gasteiger partial charge in [-0.3, -0.25) is 9.59 Å². The first-order chi connectivity index (χ1) is 15.0. The van der Waals surface area contributed by atoms with Crippen LogP contribution in [-0.2, 0) is 18.3 Å². The number of carbonyl (C=O) groups is 1. The maximum absolute atomic E-state index is 13.1. The number of aromatic amines is 1. The number of hydrogen-bond donors (Lipinski definition) is 2. The van der Waals surface area contributed by atoms with Crippen molar-refractivity contribution in [3.63, 3.8) is 0 Å². The first-order valence-corrected chi connectivity index (χ1v) is 10.6. The topological polar surface area (TPSA) is 79.8 Å². The lowest BCUT2D eigenvalue weighted by molar-refractivity contribution is -0.117. The van der Waals surface area contributed by atoms with Crippen molar-refractivity contribution in [3.05, 3.63) is 81.9 Å². The minimum Gasteiger partial charge on any atom is -0.357 e. The number of aromatic nitrogens is 3. The molecule has 0 fully saturated rings. The van der Waals surface area contributed by atoms with E-state index in [0.717, 1.165) is 47.0 Å². The molecule has 6 heteroatoms. The second kappa shape index (κ2) is 7.54. The highest BCUT2D eigenvalue weighted by Gasteiger charge is 2.26. The summed E-state index contributed by atoms with van der Waals surface area (Å²) in [4.78, 5) is 33.3. The lowest BCUT2D eigenvalue weighted by atomic mass is 9.82. The number of benzene rings is 1. The predicted octanol–water partition coefficient (Wildman–Crippen LogP) is 4.30. The fourth-order valence-corrected chi connectivity index (χ4v) is 4.57. The molecule has 0 bridgehead atoms. The molecule has 1 aliphatic rings. The van der Waals surface area contributed by atoms with Crippen molar-refractivity contribution in [1.82, 2.24) is 14.5 Å². The molecular formula is C25H24N4O2. The maximum Gasteiger partial charge on any atom is 0.274 e. The van der Waals surface area contributed by atoms with E-state index in [4.69, 9.17) is 4.98 Å². The quantitative estimate of drug-likeness (QED) is 0.527. The summed E-state index contributed by atoms with van der Waals surface area (Å²) < 4.78 is 1.56. The number of fused-ring (bicyclic) bond motifs is 2. The molecule has 3 aromatic heterocycles. The number of rotatable bonds is 3. The van der Waals surface area contributed by atoms with Gasteiger partial charge in [-0.2, -0.15) is 0 Å². The molecule has 5 rings (SSSR count). The van der Waals surface area contributed by atoms with Gasteiger partial charge in [-0.15, -0.1) is 0 Å². The van der Waals surface area contributed by atoms with Crippen LogP contribution < -0.4 is 10.9 Å². The van der Waals surface area contributed by atoms with Crippen molar-refractivity contribution in [2.75, 3.05) is 5.32 Å². The second-order valence-electron chi connectivity index (χ2n) is 8.22. The third-order valence-corrected chi connectivity index (χ3v) is 6.18. The van der Waals surface area contributed by atoms with Crippen LogP contribution in [0.15, 0.2) is 59.7 Å². The zero-order chi connectivity index (χ0) is 21.5. The average Bonchev–Trinajstić information content (AvgIpc) is 3.27. The Balaban J connectivity index is 1.51. The molecule has 1 aromatic carbocycles. The lowest BCUT2D eigenvalue weighted by Crippen LogP contribution is -2.25. The fraction of sp³-hybridized carbons (Fsp3) is 0.240. The Bertz CT molecular complexity index is 1370. The van der Waals surface area contributed by atoms with Crippen molar-refractivity contribution in [3.8, 4) is 11.3 Å². The first kappa shape index (κ1) is 19.3. The number of anilines is 1. The molecule has 0 radical (unpaired) electrons. The predicted molar refractivity (Wildman–Crippen MR) is 122 cm³/mol. The number of nitrogens with zero attached hydrogens (tertiary/aromatic N) is 2. The van der Waals surface area contributed by atoms with Crippen molar-refractivity contribution in [2.24, 2.45) is 7.05 Å². The Morgan fingerprint density at radius 3 is 2.90 bits per heavy atom. The minimum absolute atomic E-state index is 0.0262. The summed E-state index contributed by atoms with van der Waals surface area (Å²) in [6, 6.07) is 13.9. The van der Waals surface area contributed by atoms with E-state index in [-0.39, 0.29) is 17.4 Å². The van der Waals surface area contributed by atoms with Crippen molar-refractivity contribution in [2.45, 2.75) is 32.1 Å². The van der Waals surface area contributed by atoms with E-state index < -0.39 is 0 Å². The van der Waals surface area contributed by atoms with Gasteiger partial charge in [-0.05, 0) is 55.0 Å². The van der Waals surface area contributed by atoms with Crippen LogP contribution >= 0.6 is 0 Å². The lowest BCUT2D eigenvalue weighted by Gasteiger charge is -2.24. The smallest absolute Gasteiger partial charge is 0.274 e. The van der Waals surface area contributed by atoms with Gasteiger partial charge in [0.25, 0.3) is 5.56 Å². The van der Waals surface area contributed by atoms with E-state index in [1.54, 1.807) is 24.0 Å². The highest BCUT2D eigenvalue weighted by Crippen LogP contribution is 2.33.